The first kappa shape index (κ1) is 15.5. The van der Waals surface area contributed by atoms with Crippen molar-refractivity contribution in [3.8, 4) is 0 Å². The van der Waals surface area contributed by atoms with Gasteiger partial charge < -0.3 is 4.90 Å². The van der Waals surface area contributed by atoms with Crippen molar-refractivity contribution >= 4 is 54.5 Å². The number of fused-ring (bicyclic) bond motifs is 2. The van der Waals surface area contributed by atoms with Crippen molar-refractivity contribution in [1.29, 1.82) is 0 Å². The standard InChI is InChI=1S/C27H19N/c1-28(19-10-3-2-4-11-19)25-17-16-23-21-13-6-9-18-8-5-12-20(26(18)21)22-14-7-15-24(25)27(22)23/h2-17H,1H3. The number of rotatable bonds is 2. The molecule has 0 aliphatic carbocycles. The molecule has 0 aromatic heterocycles. The Balaban J connectivity index is 1.78. The van der Waals surface area contributed by atoms with Crippen LogP contribution in [-0.4, -0.2) is 7.05 Å². The molecular formula is C27H19N. The van der Waals surface area contributed by atoms with Crippen LogP contribution in [0.4, 0.5) is 11.4 Å². The van der Waals surface area contributed by atoms with E-state index in [1.54, 1.807) is 0 Å². The molecular weight excluding hydrogens is 338 g/mol. The molecule has 6 aromatic rings. The van der Waals surface area contributed by atoms with Gasteiger partial charge in [0.15, 0.2) is 0 Å². The lowest BCUT2D eigenvalue weighted by molar-refractivity contribution is 1.22. The molecule has 1 nitrogen and oxygen atoms in total. The summed E-state index contributed by atoms with van der Waals surface area (Å²) in [6.07, 6.45) is 0. The molecule has 0 aliphatic rings. The maximum absolute atomic E-state index is 2.30. The fourth-order valence-corrected chi connectivity index (χ4v) is 4.71. The van der Waals surface area contributed by atoms with E-state index in [-0.39, 0.29) is 0 Å². The fraction of sp³-hybridized carbons (Fsp3) is 0.0370. The normalized spacial score (nSPS) is 11.8. The molecule has 0 fully saturated rings. The Kier molecular flexibility index (Phi) is 3.15. The number of benzene rings is 6. The third kappa shape index (κ3) is 2.02. The first-order valence-corrected chi connectivity index (χ1v) is 9.70. The summed E-state index contributed by atoms with van der Waals surface area (Å²) in [5.74, 6) is 0. The molecule has 0 saturated heterocycles. The zero-order valence-corrected chi connectivity index (χ0v) is 15.7. The van der Waals surface area contributed by atoms with Gasteiger partial charge >= 0.3 is 0 Å². The van der Waals surface area contributed by atoms with Gasteiger partial charge in [-0.3, -0.25) is 0 Å². The van der Waals surface area contributed by atoms with Crippen molar-refractivity contribution < 1.29 is 0 Å². The van der Waals surface area contributed by atoms with Gasteiger partial charge in [-0.2, -0.15) is 0 Å². The molecule has 0 unspecified atom stereocenters. The number of hydrogen-bond donors (Lipinski definition) is 0. The van der Waals surface area contributed by atoms with E-state index in [4.69, 9.17) is 0 Å². The molecule has 0 saturated carbocycles. The summed E-state index contributed by atoms with van der Waals surface area (Å²) in [5, 5.41) is 10.7. The second-order valence-corrected chi connectivity index (χ2v) is 7.46. The van der Waals surface area contributed by atoms with Crippen molar-refractivity contribution in [3.05, 3.63) is 97.1 Å². The minimum atomic E-state index is 1.20. The highest BCUT2D eigenvalue weighted by molar-refractivity contribution is 6.34. The molecule has 1 heteroatoms. The summed E-state index contributed by atoms with van der Waals surface area (Å²) in [7, 11) is 2.15. The van der Waals surface area contributed by atoms with Crippen molar-refractivity contribution in [3.63, 3.8) is 0 Å². The zero-order chi connectivity index (χ0) is 18.7. The van der Waals surface area contributed by atoms with Gasteiger partial charge in [0.25, 0.3) is 0 Å². The Bertz CT molecular complexity index is 1410. The summed E-state index contributed by atoms with van der Waals surface area (Å²) in [6.45, 7) is 0. The number of hydrogen-bond acceptors (Lipinski definition) is 1. The number of anilines is 2. The summed E-state index contributed by atoms with van der Waals surface area (Å²) in [4.78, 5) is 2.28. The Morgan fingerprint density at radius 2 is 1.04 bits per heavy atom. The quantitative estimate of drug-likeness (QED) is 0.229. The van der Waals surface area contributed by atoms with E-state index in [9.17, 15) is 0 Å². The Hall–Kier alpha value is -3.58. The molecule has 0 radical (unpaired) electrons. The molecule has 0 atom stereocenters. The molecule has 0 aliphatic heterocycles. The first-order valence-electron chi connectivity index (χ1n) is 9.70. The monoisotopic (exact) mass is 357 g/mol. The van der Waals surface area contributed by atoms with E-state index >= 15 is 0 Å². The van der Waals surface area contributed by atoms with Gasteiger partial charge in [0.05, 0.1) is 0 Å². The Morgan fingerprint density at radius 3 is 1.75 bits per heavy atom. The Labute approximate surface area is 163 Å². The molecule has 0 N–H and O–H groups in total. The third-order valence-electron chi connectivity index (χ3n) is 6.01. The molecule has 6 rings (SSSR count). The number of nitrogens with zero attached hydrogens (tertiary/aromatic N) is 1. The van der Waals surface area contributed by atoms with Crippen LogP contribution in [0.2, 0.25) is 0 Å². The van der Waals surface area contributed by atoms with E-state index in [1.165, 1.54) is 54.5 Å². The molecule has 0 spiro atoms. The maximum Gasteiger partial charge on any atom is 0.0488 e. The van der Waals surface area contributed by atoms with Crippen LogP contribution >= 0.6 is 0 Å². The van der Waals surface area contributed by atoms with E-state index in [0.717, 1.165) is 0 Å². The summed E-state index contributed by atoms with van der Waals surface area (Å²) < 4.78 is 0. The van der Waals surface area contributed by atoms with Crippen molar-refractivity contribution in [1.82, 2.24) is 0 Å². The maximum atomic E-state index is 2.30. The third-order valence-corrected chi connectivity index (χ3v) is 6.01. The largest absolute Gasteiger partial charge is 0.344 e. The van der Waals surface area contributed by atoms with Crippen LogP contribution in [-0.2, 0) is 0 Å². The second-order valence-electron chi connectivity index (χ2n) is 7.46. The summed E-state index contributed by atoms with van der Waals surface area (Å²) >= 11 is 0. The minimum Gasteiger partial charge on any atom is -0.344 e. The lowest BCUT2D eigenvalue weighted by Crippen LogP contribution is -2.09. The van der Waals surface area contributed by atoms with E-state index in [1.807, 2.05) is 0 Å². The van der Waals surface area contributed by atoms with Crippen LogP contribution in [0.15, 0.2) is 97.1 Å². The van der Waals surface area contributed by atoms with Crippen molar-refractivity contribution in [2.75, 3.05) is 11.9 Å². The van der Waals surface area contributed by atoms with Crippen LogP contribution in [0.3, 0.4) is 0 Å². The van der Waals surface area contributed by atoms with Crippen LogP contribution in [0.25, 0.3) is 43.1 Å². The summed E-state index contributed by atoms with van der Waals surface area (Å²) in [5.41, 5.74) is 2.43. The zero-order valence-electron chi connectivity index (χ0n) is 15.7. The van der Waals surface area contributed by atoms with Crippen LogP contribution in [0.5, 0.6) is 0 Å². The van der Waals surface area contributed by atoms with Gasteiger partial charge in [-0.05, 0) is 55.9 Å². The van der Waals surface area contributed by atoms with E-state index < -0.39 is 0 Å². The average Bonchev–Trinajstić information content (AvgIpc) is 2.77. The molecule has 132 valence electrons. The molecule has 0 amide bonds. The van der Waals surface area contributed by atoms with Crippen LogP contribution < -0.4 is 4.90 Å². The highest BCUT2D eigenvalue weighted by atomic mass is 15.1. The Morgan fingerprint density at radius 1 is 0.464 bits per heavy atom. The van der Waals surface area contributed by atoms with Crippen molar-refractivity contribution in [2.45, 2.75) is 0 Å². The fourth-order valence-electron chi connectivity index (χ4n) is 4.71. The highest BCUT2D eigenvalue weighted by Gasteiger charge is 2.16. The molecule has 28 heavy (non-hydrogen) atoms. The molecule has 0 bridgehead atoms. The van der Waals surface area contributed by atoms with E-state index in [2.05, 4.69) is 109 Å². The lowest BCUT2D eigenvalue weighted by atomic mass is 9.89. The van der Waals surface area contributed by atoms with Gasteiger partial charge in [-0.1, -0.05) is 78.9 Å². The van der Waals surface area contributed by atoms with Gasteiger partial charge in [-0.15, -0.1) is 0 Å². The lowest BCUT2D eigenvalue weighted by Gasteiger charge is -2.23. The predicted molar refractivity (Wildman–Crippen MR) is 122 cm³/mol. The van der Waals surface area contributed by atoms with Crippen molar-refractivity contribution in [2.24, 2.45) is 0 Å². The SMILES string of the molecule is CN(c1ccccc1)c1ccc2c3cccc4cccc(c5cccc1c52)c43. The predicted octanol–water partition coefficient (Wildman–Crippen LogP) is 7.51. The average molecular weight is 357 g/mol. The van der Waals surface area contributed by atoms with E-state index in [0.29, 0.717) is 0 Å². The molecule has 6 aromatic carbocycles. The topological polar surface area (TPSA) is 3.24 Å². The van der Waals surface area contributed by atoms with Gasteiger partial charge in [0.1, 0.15) is 0 Å². The minimum absolute atomic E-state index is 1.20. The van der Waals surface area contributed by atoms with Gasteiger partial charge in [0.2, 0.25) is 0 Å². The van der Waals surface area contributed by atoms with Crippen LogP contribution in [0.1, 0.15) is 0 Å². The van der Waals surface area contributed by atoms with Gasteiger partial charge in [-0.25, -0.2) is 0 Å². The second kappa shape index (κ2) is 5.71. The smallest absolute Gasteiger partial charge is 0.0488 e. The molecule has 0 heterocycles. The van der Waals surface area contributed by atoms with Crippen LogP contribution in [0, 0.1) is 0 Å². The summed E-state index contributed by atoms with van der Waals surface area (Å²) in [6, 6.07) is 35.1. The highest BCUT2D eigenvalue weighted by Crippen LogP contribution is 2.43. The first-order chi connectivity index (χ1) is 13.8. The number of para-hydroxylation sites is 1. The van der Waals surface area contributed by atoms with Gasteiger partial charge in [0, 0.05) is 23.8 Å².